The highest BCUT2D eigenvalue weighted by Crippen LogP contribution is 2.15. The van der Waals surface area contributed by atoms with Crippen LogP contribution in [0, 0.1) is 0 Å². The van der Waals surface area contributed by atoms with Crippen LogP contribution in [0.25, 0.3) is 0 Å². The lowest BCUT2D eigenvalue weighted by Crippen LogP contribution is -2.09. The quantitative estimate of drug-likeness (QED) is 0.437. The first kappa shape index (κ1) is 17.3. The molecule has 0 heterocycles. The number of rotatable bonds is 5. The molecule has 2 aromatic carbocycles. The topological polar surface area (TPSA) is 119 Å². The van der Waals surface area contributed by atoms with Gasteiger partial charge in [0.15, 0.2) is 12.4 Å². The highest BCUT2D eigenvalue weighted by Gasteiger charge is 2.08. The minimum absolute atomic E-state index is 0.0783. The molecule has 0 unspecified atom stereocenters. The summed E-state index contributed by atoms with van der Waals surface area (Å²) >= 11 is 0. The molecule has 0 saturated carbocycles. The van der Waals surface area contributed by atoms with Crippen molar-refractivity contribution >= 4 is 11.8 Å². The van der Waals surface area contributed by atoms with Crippen molar-refractivity contribution < 1.29 is 29.7 Å². The Bertz CT molecular complexity index is 597. The number of ketones is 1. The Kier molecular flexibility index (Phi) is 7.27. The van der Waals surface area contributed by atoms with Crippen molar-refractivity contribution in [1.29, 1.82) is 0 Å². The molecule has 22 heavy (non-hydrogen) atoms. The van der Waals surface area contributed by atoms with Gasteiger partial charge in [-0.1, -0.05) is 30.3 Å². The van der Waals surface area contributed by atoms with Gasteiger partial charge in [0.25, 0.3) is 0 Å². The number of ether oxygens (including phenoxy) is 1. The van der Waals surface area contributed by atoms with Gasteiger partial charge in [-0.15, -0.1) is 4.99 Å². The number of carbonyl (C=O) groups excluding carboxylic acids is 1. The number of carboxylic acid groups (broad SMARTS) is 1. The molecule has 2 aromatic rings. The fraction of sp³-hybridized carbons (Fsp3) is 0.0667. The molecule has 0 atom stereocenters. The molecule has 7 heteroatoms. The number of hydrogen-bond acceptors (Lipinski definition) is 6. The lowest BCUT2D eigenvalue weighted by molar-refractivity contribution is -0.247. The van der Waals surface area contributed by atoms with Crippen molar-refractivity contribution in [3.8, 4) is 5.75 Å². The molecule has 0 saturated heterocycles. The van der Waals surface area contributed by atoms with Gasteiger partial charge in [-0.25, -0.2) is 10.1 Å². The first-order valence-corrected chi connectivity index (χ1v) is 6.13. The van der Waals surface area contributed by atoms with Crippen LogP contribution in [0.15, 0.2) is 54.6 Å². The van der Waals surface area contributed by atoms with Crippen molar-refractivity contribution in [3.63, 3.8) is 0 Å². The van der Waals surface area contributed by atoms with Crippen LogP contribution in [0.1, 0.15) is 15.9 Å². The summed E-state index contributed by atoms with van der Waals surface area (Å²) in [4.78, 5) is 25.2. The summed E-state index contributed by atoms with van der Waals surface area (Å²) < 4.78 is 5.00. The van der Waals surface area contributed by atoms with E-state index in [4.69, 9.17) is 15.1 Å². The smallest absolute Gasteiger partial charge is 0.341 e. The Labute approximate surface area is 126 Å². The lowest BCUT2D eigenvalue weighted by Gasteiger charge is -2.04. The van der Waals surface area contributed by atoms with E-state index in [9.17, 15) is 9.59 Å². The lowest BCUT2D eigenvalue weighted by atomic mass is 10.0. The molecule has 0 spiro atoms. The second-order valence-electron chi connectivity index (χ2n) is 4.01. The summed E-state index contributed by atoms with van der Waals surface area (Å²) in [6, 6.07) is 15.3. The van der Waals surface area contributed by atoms with E-state index in [-0.39, 0.29) is 5.78 Å². The molecular weight excluding hydrogens is 290 g/mol. The predicted molar refractivity (Wildman–Crippen MR) is 77.3 cm³/mol. The largest absolute Gasteiger partial charge is 0.482 e. The SMILES string of the molecule is NOO.O=C(O)COc1ccc(C(=O)c2ccccc2)cc1. The third-order valence-corrected chi connectivity index (χ3v) is 2.51. The monoisotopic (exact) mass is 305 g/mol. The minimum Gasteiger partial charge on any atom is -0.482 e. The van der Waals surface area contributed by atoms with Gasteiger partial charge in [-0.05, 0) is 24.3 Å². The van der Waals surface area contributed by atoms with Crippen LogP contribution < -0.4 is 10.6 Å². The average molecular weight is 305 g/mol. The van der Waals surface area contributed by atoms with Crippen LogP contribution >= 0.6 is 0 Å². The third kappa shape index (κ3) is 5.71. The molecule has 116 valence electrons. The number of nitrogens with two attached hydrogens (primary N) is 1. The molecule has 7 nitrogen and oxygen atoms in total. The maximum Gasteiger partial charge on any atom is 0.341 e. The second-order valence-corrected chi connectivity index (χ2v) is 4.01. The number of carbonyl (C=O) groups is 2. The average Bonchev–Trinajstić information content (AvgIpc) is 2.54. The van der Waals surface area contributed by atoms with Gasteiger partial charge in [-0.3, -0.25) is 4.79 Å². The molecule has 0 aliphatic carbocycles. The maximum absolute atomic E-state index is 12.1. The highest BCUT2D eigenvalue weighted by atomic mass is 17.2. The minimum atomic E-state index is -1.04. The Morgan fingerprint density at radius 3 is 1.95 bits per heavy atom. The van der Waals surface area contributed by atoms with Crippen LogP contribution in [-0.4, -0.2) is 28.7 Å². The van der Waals surface area contributed by atoms with Crippen molar-refractivity contribution in [3.05, 3.63) is 65.7 Å². The zero-order chi connectivity index (χ0) is 16.4. The van der Waals surface area contributed by atoms with Gasteiger partial charge >= 0.3 is 5.97 Å². The van der Waals surface area contributed by atoms with E-state index < -0.39 is 12.6 Å². The normalized spacial score (nSPS) is 9.36. The van der Waals surface area contributed by atoms with E-state index in [2.05, 4.69) is 10.9 Å². The summed E-state index contributed by atoms with van der Waals surface area (Å²) in [6.45, 7) is -0.397. The van der Waals surface area contributed by atoms with Gasteiger partial charge in [-0.2, -0.15) is 5.90 Å². The summed E-state index contributed by atoms with van der Waals surface area (Å²) in [7, 11) is 0. The first-order chi connectivity index (χ1) is 10.6. The van der Waals surface area contributed by atoms with Crippen molar-refractivity contribution in [2.24, 2.45) is 5.90 Å². The molecule has 4 N–H and O–H groups in total. The van der Waals surface area contributed by atoms with E-state index in [1.807, 2.05) is 6.07 Å². The van der Waals surface area contributed by atoms with Gasteiger partial charge in [0.05, 0.1) is 0 Å². The Morgan fingerprint density at radius 1 is 0.955 bits per heavy atom. The third-order valence-electron chi connectivity index (χ3n) is 2.51. The molecule has 0 aliphatic heterocycles. The molecule has 0 fully saturated rings. The zero-order valence-corrected chi connectivity index (χ0v) is 11.5. The summed E-state index contributed by atoms with van der Waals surface area (Å²) in [6.07, 6.45) is 0. The van der Waals surface area contributed by atoms with Crippen LogP contribution in [0.5, 0.6) is 5.75 Å². The van der Waals surface area contributed by atoms with E-state index in [1.165, 1.54) is 0 Å². The van der Waals surface area contributed by atoms with E-state index in [1.54, 1.807) is 48.5 Å². The summed E-state index contributed by atoms with van der Waals surface area (Å²) in [5, 5.41) is 15.3. The van der Waals surface area contributed by atoms with Gasteiger partial charge in [0.2, 0.25) is 0 Å². The molecular formula is C15H15NO6. The molecule has 0 aromatic heterocycles. The molecule has 0 aliphatic rings. The van der Waals surface area contributed by atoms with Gasteiger partial charge in [0, 0.05) is 11.1 Å². The number of hydrogen-bond donors (Lipinski definition) is 3. The predicted octanol–water partition coefficient (Wildman–Crippen LogP) is 1.73. The number of carboxylic acids is 1. The zero-order valence-electron chi connectivity index (χ0n) is 11.5. The standard InChI is InChI=1S/C15H12O4.H3NO2/c16-14(17)10-19-13-8-6-12(7-9-13)15(18)11-4-2-1-3-5-11;1-3-2/h1-9H,10H2,(H,16,17);2H,1H2. The Balaban J connectivity index is 0.000000745. The van der Waals surface area contributed by atoms with Crippen LogP contribution in [0.4, 0.5) is 0 Å². The molecule has 0 bridgehead atoms. The van der Waals surface area contributed by atoms with Crippen LogP contribution in [0.3, 0.4) is 0 Å². The number of aliphatic carboxylic acids is 1. The van der Waals surface area contributed by atoms with Crippen molar-refractivity contribution in [1.82, 2.24) is 0 Å². The van der Waals surface area contributed by atoms with E-state index in [0.717, 1.165) is 0 Å². The summed E-state index contributed by atoms with van der Waals surface area (Å²) in [5.41, 5.74) is 1.15. The van der Waals surface area contributed by atoms with Crippen LogP contribution in [-0.2, 0) is 9.78 Å². The van der Waals surface area contributed by atoms with E-state index >= 15 is 0 Å². The molecule has 0 radical (unpaired) electrons. The maximum atomic E-state index is 12.1. The fourth-order valence-electron chi connectivity index (χ4n) is 1.60. The highest BCUT2D eigenvalue weighted by molar-refractivity contribution is 6.08. The number of benzene rings is 2. The van der Waals surface area contributed by atoms with Crippen molar-refractivity contribution in [2.75, 3.05) is 6.61 Å². The molecule has 0 amide bonds. The Morgan fingerprint density at radius 2 is 1.45 bits per heavy atom. The van der Waals surface area contributed by atoms with Crippen LogP contribution in [0.2, 0.25) is 0 Å². The van der Waals surface area contributed by atoms with Crippen molar-refractivity contribution in [2.45, 2.75) is 0 Å². The fourth-order valence-corrected chi connectivity index (χ4v) is 1.60. The summed E-state index contributed by atoms with van der Waals surface area (Å²) in [5.74, 6) is 3.21. The molecule has 2 rings (SSSR count). The Hall–Kier alpha value is -2.74. The van der Waals surface area contributed by atoms with E-state index in [0.29, 0.717) is 16.9 Å². The second kappa shape index (κ2) is 9.24. The van der Waals surface area contributed by atoms with Gasteiger partial charge < -0.3 is 9.84 Å². The first-order valence-electron chi connectivity index (χ1n) is 6.13. The van der Waals surface area contributed by atoms with Gasteiger partial charge in [0.1, 0.15) is 5.75 Å².